The Balaban J connectivity index is 0.000000861. The molecule has 0 spiro atoms. The topological polar surface area (TPSA) is 47.3 Å². The van der Waals surface area contributed by atoms with Crippen LogP contribution >= 0.6 is 0 Å². The van der Waals surface area contributed by atoms with Crippen LogP contribution in [0.3, 0.4) is 0 Å². The van der Waals surface area contributed by atoms with Crippen LogP contribution in [0.5, 0.6) is 5.75 Å². The molecule has 3 nitrogen and oxygen atoms in total. The molecule has 2 aromatic rings. The first-order chi connectivity index (χ1) is 9.28. The summed E-state index contributed by atoms with van der Waals surface area (Å²) in [4.78, 5) is 0. The number of benzene rings is 2. The maximum absolute atomic E-state index is 5.72. The molecular formula is C16H22N2O. The van der Waals surface area contributed by atoms with Gasteiger partial charge in [0.15, 0.2) is 0 Å². The predicted molar refractivity (Wildman–Crippen MR) is 82.5 cm³/mol. The molecule has 0 saturated carbocycles. The Labute approximate surface area is 115 Å². The number of nitrogens with two attached hydrogens (primary N) is 1. The number of hydrogen-bond donors (Lipinski definition) is 2. The summed E-state index contributed by atoms with van der Waals surface area (Å²) in [6.45, 7) is 4.76. The number of ether oxygens (including phenoxy) is 1. The molecule has 0 fully saturated rings. The molecule has 3 N–H and O–H groups in total. The summed E-state index contributed by atoms with van der Waals surface area (Å²) in [5.41, 5.74) is 8.74. The normalized spacial score (nSPS) is 9.21. The van der Waals surface area contributed by atoms with Gasteiger partial charge in [-0.1, -0.05) is 26.0 Å². The molecule has 0 aliphatic heterocycles. The van der Waals surface area contributed by atoms with E-state index in [9.17, 15) is 0 Å². The number of nitrogen functional groups attached to an aromatic ring is 1. The van der Waals surface area contributed by atoms with Crippen LogP contribution < -0.4 is 15.8 Å². The minimum atomic E-state index is 0.761. The van der Waals surface area contributed by atoms with Crippen LogP contribution in [-0.4, -0.2) is 7.11 Å². The SMILES string of the molecule is CC.COc1ccc(NCc2cccc(N)c2)cc1. The number of methoxy groups -OCH3 is 1. The maximum Gasteiger partial charge on any atom is 0.119 e. The highest BCUT2D eigenvalue weighted by atomic mass is 16.5. The number of nitrogens with one attached hydrogen (secondary N) is 1. The summed E-state index contributed by atoms with van der Waals surface area (Å²) in [6, 6.07) is 15.7. The molecule has 0 amide bonds. The van der Waals surface area contributed by atoms with E-state index in [1.807, 2.05) is 62.4 Å². The van der Waals surface area contributed by atoms with Crippen molar-refractivity contribution in [3.63, 3.8) is 0 Å². The third kappa shape index (κ3) is 4.92. The van der Waals surface area contributed by atoms with Crippen LogP contribution in [0.15, 0.2) is 48.5 Å². The Kier molecular flexibility index (Phi) is 6.30. The molecule has 0 radical (unpaired) electrons. The van der Waals surface area contributed by atoms with E-state index in [1.165, 1.54) is 5.56 Å². The summed E-state index contributed by atoms with van der Waals surface area (Å²) in [5, 5.41) is 3.33. The zero-order chi connectivity index (χ0) is 14.1. The Morgan fingerprint density at radius 1 is 1.05 bits per heavy atom. The molecular weight excluding hydrogens is 236 g/mol. The fraction of sp³-hybridized carbons (Fsp3) is 0.250. The van der Waals surface area contributed by atoms with Crippen molar-refractivity contribution >= 4 is 11.4 Å². The first-order valence-corrected chi connectivity index (χ1v) is 6.50. The number of hydrogen-bond acceptors (Lipinski definition) is 3. The van der Waals surface area contributed by atoms with Gasteiger partial charge in [-0.05, 0) is 42.0 Å². The Bertz CT molecular complexity index is 480. The molecule has 0 aromatic heterocycles. The Hall–Kier alpha value is -2.16. The fourth-order valence-corrected chi connectivity index (χ4v) is 1.62. The summed E-state index contributed by atoms with van der Waals surface area (Å²) in [6.07, 6.45) is 0. The van der Waals surface area contributed by atoms with Crippen molar-refractivity contribution in [1.29, 1.82) is 0 Å². The molecule has 2 aromatic carbocycles. The minimum Gasteiger partial charge on any atom is -0.497 e. The van der Waals surface area contributed by atoms with Crippen LogP contribution in [0.2, 0.25) is 0 Å². The van der Waals surface area contributed by atoms with E-state index in [4.69, 9.17) is 10.5 Å². The van der Waals surface area contributed by atoms with Crippen molar-refractivity contribution in [2.24, 2.45) is 0 Å². The van der Waals surface area contributed by atoms with Gasteiger partial charge in [-0.2, -0.15) is 0 Å². The lowest BCUT2D eigenvalue weighted by Crippen LogP contribution is -1.99. The van der Waals surface area contributed by atoms with Gasteiger partial charge in [0.1, 0.15) is 5.75 Å². The highest BCUT2D eigenvalue weighted by Crippen LogP contribution is 2.16. The fourth-order valence-electron chi connectivity index (χ4n) is 1.62. The van der Waals surface area contributed by atoms with E-state index in [0.29, 0.717) is 0 Å². The molecule has 0 atom stereocenters. The molecule has 2 rings (SSSR count). The molecule has 0 aliphatic rings. The molecule has 0 heterocycles. The Morgan fingerprint density at radius 2 is 1.74 bits per heavy atom. The average molecular weight is 258 g/mol. The van der Waals surface area contributed by atoms with E-state index in [2.05, 4.69) is 5.32 Å². The minimum absolute atomic E-state index is 0.761. The third-order valence-corrected chi connectivity index (χ3v) is 2.54. The van der Waals surface area contributed by atoms with E-state index in [1.54, 1.807) is 7.11 Å². The van der Waals surface area contributed by atoms with E-state index < -0.39 is 0 Å². The molecule has 0 aliphatic carbocycles. The predicted octanol–water partition coefficient (Wildman–Crippen LogP) is 3.92. The number of rotatable bonds is 4. The largest absolute Gasteiger partial charge is 0.497 e. The van der Waals surface area contributed by atoms with Gasteiger partial charge in [0.05, 0.1) is 7.11 Å². The summed E-state index contributed by atoms with van der Waals surface area (Å²) < 4.78 is 5.10. The lowest BCUT2D eigenvalue weighted by Gasteiger charge is -2.07. The van der Waals surface area contributed by atoms with Crippen LogP contribution in [0, 0.1) is 0 Å². The smallest absolute Gasteiger partial charge is 0.119 e. The van der Waals surface area contributed by atoms with Gasteiger partial charge in [-0.25, -0.2) is 0 Å². The van der Waals surface area contributed by atoms with E-state index in [0.717, 1.165) is 23.7 Å². The third-order valence-electron chi connectivity index (χ3n) is 2.54. The van der Waals surface area contributed by atoms with E-state index >= 15 is 0 Å². The van der Waals surface area contributed by atoms with Crippen molar-refractivity contribution in [3.05, 3.63) is 54.1 Å². The Morgan fingerprint density at radius 3 is 2.32 bits per heavy atom. The summed E-state index contributed by atoms with van der Waals surface area (Å²) in [5.74, 6) is 0.861. The second-order valence-corrected chi connectivity index (χ2v) is 3.83. The van der Waals surface area contributed by atoms with Gasteiger partial charge in [0, 0.05) is 17.9 Å². The second kappa shape index (κ2) is 8.03. The molecule has 102 valence electrons. The standard InChI is InChI=1S/C14H16N2O.C2H6/c1-17-14-7-5-13(6-8-14)16-10-11-3-2-4-12(15)9-11;1-2/h2-9,16H,10,15H2,1H3;1-2H3. The zero-order valence-electron chi connectivity index (χ0n) is 11.8. The van der Waals surface area contributed by atoms with Crippen LogP contribution in [0.4, 0.5) is 11.4 Å². The van der Waals surface area contributed by atoms with Gasteiger partial charge < -0.3 is 15.8 Å². The van der Waals surface area contributed by atoms with Gasteiger partial charge >= 0.3 is 0 Å². The molecule has 0 saturated heterocycles. The highest BCUT2D eigenvalue weighted by Gasteiger charge is 1.95. The van der Waals surface area contributed by atoms with Crippen molar-refractivity contribution in [2.45, 2.75) is 20.4 Å². The van der Waals surface area contributed by atoms with Crippen molar-refractivity contribution in [2.75, 3.05) is 18.2 Å². The summed E-state index contributed by atoms with van der Waals surface area (Å²) >= 11 is 0. The van der Waals surface area contributed by atoms with Crippen molar-refractivity contribution in [3.8, 4) is 5.75 Å². The quantitative estimate of drug-likeness (QED) is 0.817. The van der Waals surface area contributed by atoms with E-state index in [-0.39, 0.29) is 0 Å². The first kappa shape index (κ1) is 14.9. The van der Waals surface area contributed by atoms with Crippen molar-refractivity contribution < 1.29 is 4.74 Å². The lowest BCUT2D eigenvalue weighted by molar-refractivity contribution is 0.415. The van der Waals surface area contributed by atoms with Crippen LogP contribution in [0.25, 0.3) is 0 Å². The van der Waals surface area contributed by atoms with Crippen LogP contribution in [-0.2, 0) is 6.54 Å². The molecule has 19 heavy (non-hydrogen) atoms. The highest BCUT2D eigenvalue weighted by molar-refractivity contribution is 5.48. The maximum atomic E-state index is 5.72. The molecule has 0 unspecified atom stereocenters. The first-order valence-electron chi connectivity index (χ1n) is 6.50. The van der Waals surface area contributed by atoms with Gasteiger partial charge in [-0.3, -0.25) is 0 Å². The zero-order valence-corrected chi connectivity index (χ0v) is 11.8. The monoisotopic (exact) mass is 258 g/mol. The molecule has 0 bridgehead atoms. The lowest BCUT2D eigenvalue weighted by atomic mass is 10.2. The summed E-state index contributed by atoms with van der Waals surface area (Å²) in [7, 11) is 1.66. The van der Waals surface area contributed by atoms with Crippen molar-refractivity contribution in [1.82, 2.24) is 0 Å². The van der Waals surface area contributed by atoms with Gasteiger partial charge in [-0.15, -0.1) is 0 Å². The van der Waals surface area contributed by atoms with Gasteiger partial charge in [0.25, 0.3) is 0 Å². The molecule has 3 heteroatoms. The second-order valence-electron chi connectivity index (χ2n) is 3.83. The van der Waals surface area contributed by atoms with Gasteiger partial charge in [0.2, 0.25) is 0 Å². The number of anilines is 2. The van der Waals surface area contributed by atoms with Crippen LogP contribution in [0.1, 0.15) is 19.4 Å². The average Bonchev–Trinajstić information content (AvgIpc) is 2.48.